The Hall–Kier alpha value is -3.89. The van der Waals surface area contributed by atoms with Crippen molar-refractivity contribution >= 4 is 17.4 Å². The Labute approximate surface area is 181 Å². The van der Waals surface area contributed by atoms with E-state index in [1.165, 1.54) is 6.20 Å². The number of anilines is 2. The molecule has 0 aliphatic heterocycles. The van der Waals surface area contributed by atoms with Gasteiger partial charge in [0.1, 0.15) is 11.9 Å². The van der Waals surface area contributed by atoms with Gasteiger partial charge < -0.3 is 20.5 Å². The van der Waals surface area contributed by atoms with E-state index in [0.717, 1.165) is 11.3 Å². The van der Waals surface area contributed by atoms with Crippen molar-refractivity contribution in [1.29, 1.82) is 0 Å². The molecule has 2 aromatic carbocycles. The molecule has 0 bridgehead atoms. The fourth-order valence-corrected chi connectivity index (χ4v) is 2.78. The van der Waals surface area contributed by atoms with Gasteiger partial charge in [-0.25, -0.2) is 4.98 Å². The molecule has 0 saturated heterocycles. The summed E-state index contributed by atoms with van der Waals surface area (Å²) in [4.78, 5) is 21.1. The van der Waals surface area contributed by atoms with Crippen molar-refractivity contribution in [2.45, 2.75) is 20.0 Å². The van der Waals surface area contributed by atoms with Crippen LogP contribution in [-0.2, 0) is 4.74 Å². The van der Waals surface area contributed by atoms with Crippen molar-refractivity contribution in [2.24, 2.45) is 0 Å². The van der Waals surface area contributed by atoms with Crippen LogP contribution in [0.15, 0.2) is 54.9 Å². The van der Waals surface area contributed by atoms with Crippen LogP contribution < -0.4 is 15.8 Å². The number of aromatic nitrogens is 2. The lowest BCUT2D eigenvalue weighted by atomic mass is 10.1. The molecular formula is C24H24N4O3. The number of hydrogen-bond donors (Lipinski definition) is 2. The van der Waals surface area contributed by atoms with Gasteiger partial charge in [0.25, 0.3) is 5.91 Å². The average molecular weight is 416 g/mol. The number of hydrogen-bond acceptors (Lipinski definition) is 6. The number of nitrogen functional groups attached to an aromatic ring is 1. The molecule has 3 aromatic rings. The van der Waals surface area contributed by atoms with Crippen molar-refractivity contribution < 1.29 is 14.3 Å². The van der Waals surface area contributed by atoms with Gasteiger partial charge in [-0.2, -0.15) is 0 Å². The smallest absolute Gasteiger partial charge is 0.257 e. The number of rotatable bonds is 6. The first-order valence-electron chi connectivity index (χ1n) is 9.71. The molecule has 3 rings (SSSR count). The highest BCUT2D eigenvalue weighted by molar-refractivity contribution is 6.04. The van der Waals surface area contributed by atoms with E-state index < -0.39 is 0 Å². The first-order valence-corrected chi connectivity index (χ1v) is 9.71. The zero-order valence-corrected chi connectivity index (χ0v) is 17.7. The molecule has 3 N–H and O–H groups in total. The largest absolute Gasteiger partial charge is 0.488 e. The maximum atomic E-state index is 12.8. The molecule has 0 fully saturated rings. The third kappa shape index (κ3) is 6.56. The molecule has 0 radical (unpaired) electrons. The Balaban J connectivity index is 1.90. The summed E-state index contributed by atoms with van der Waals surface area (Å²) < 4.78 is 11.0. The lowest BCUT2D eigenvalue weighted by molar-refractivity contribution is 0.0917. The number of benzene rings is 2. The first-order chi connectivity index (χ1) is 14.9. The Morgan fingerprint density at radius 2 is 1.94 bits per heavy atom. The van der Waals surface area contributed by atoms with E-state index in [-0.39, 0.29) is 12.0 Å². The summed E-state index contributed by atoms with van der Waals surface area (Å²) in [7, 11) is 1.61. The second kappa shape index (κ2) is 10.2. The van der Waals surface area contributed by atoms with Gasteiger partial charge in [-0.1, -0.05) is 17.9 Å². The number of methoxy groups -OCH3 is 1. The van der Waals surface area contributed by atoms with Gasteiger partial charge >= 0.3 is 0 Å². The van der Waals surface area contributed by atoms with E-state index in [1.54, 1.807) is 43.6 Å². The van der Waals surface area contributed by atoms with Gasteiger partial charge in [-0.3, -0.25) is 9.78 Å². The number of carbonyl (C=O) groups is 1. The lowest BCUT2D eigenvalue weighted by Crippen LogP contribution is -2.19. The summed E-state index contributed by atoms with van der Waals surface area (Å²) in [5, 5.41) is 2.74. The number of carbonyl (C=O) groups excluding carboxylic acids is 1. The molecule has 1 amide bonds. The topological polar surface area (TPSA) is 99.4 Å². The predicted octanol–water partition coefficient (Wildman–Crippen LogP) is 3.43. The van der Waals surface area contributed by atoms with Crippen LogP contribution >= 0.6 is 0 Å². The van der Waals surface area contributed by atoms with Crippen LogP contribution in [0.3, 0.4) is 0 Å². The number of nitrogens with two attached hydrogens (primary N) is 1. The van der Waals surface area contributed by atoms with Gasteiger partial charge in [0.05, 0.1) is 24.7 Å². The van der Waals surface area contributed by atoms with Crippen LogP contribution in [0.5, 0.6) is 5.75 Å². The molecule has 7 heteroatoms. The van der Waals surface area contributed by atoms with E-state index in [4.69, 9.17) is 15.2 Å². The summed E-state index contributed by atoms with van der Waals surface area (Å²) in [5.41, 5.74) is 9.01. The third-order valence-electron chi connectivity index (χ3n) is 4.17. The predicted molar refractivity (Wildman–Crippen MR) is 120 cm³/mol. The number of amides is 1. The molecule has 1 heterocycles. The Morgan fingerprint density at radius 3 is 2.65 bits per heavy atom. The van der Waals surface area contributed by atoms with E-state index in [9.17, 15) is 4.79 Å². The summed E-state index contributed by atoms with van der Waals surface area (Å²) >= 11 is 0. The molecule has 158 valence electrons. The van der Waals surface area contributed by atoms with E-state index in [2.05, 4.69) is 27.1 Å². The minimum Gasteiger partial charge on any atom is -0.488 e. The second-order valence-electron chi connectivity index (χ2n) is 7.00. The van der Waals surface area contributed by atoms with Crippen LogP contribution in [0, 0.1) is 18.8 Å². The molecule has 31 heavy (non-hydrogen) atoms. The maximum absolute atomic E-state index is 12.8. The lowest BCUT2D eigenvalue weighted by Gasteiger charge is -2.15. The highest BCUT2D eigenvalue weighted by atomic mass is 16.5. The molecule has 7 nitrogen and oxygen atoms in total. The maximum Gasteiger partial charge on any atom is 0.257 e. The van der Waals surface area contributed by atoms with Crippen molar-refractivity contribution in [2.75, 3.05) is 24.8 Å². The zero-order valence-electron chi connectivity index (χ0n) is 17.7. The molecule has 0 saturated carbocycles. The standard InChI is InChI=1S/C24H24N4O3/c1-16-13-27-23(14-26-16)28-24(29)20-9-19(8-7-18-5-4-6-21(25)10-18)11-22(12-20)31-17(2)15-30-3/h4-6,9-14,17H,15,25H2,1-3H3,(H,27,28,29)/t17-/m0/s1. The Morgan fingerprint density at radius 1 is 1.13 bits per heavy atom. The van der Waals surface area contributed by atoms with Crippen molar-refractivity contribution in [3.05, 3.63) is 77.2 Å². The second-order valence-corrected chi connectivity index (χ2v) is 7.00. The normalized spacial score (nSPS) is 11.2. The van der Waals surface area contributed by atoms with Crippen LogP contribution in [-0.4, -0.2) is 35.7 Å². The number of nitrogens with zero attached hydrogens (tertiary/aromatic N) is 2. The van der Waals surface area contributed by atoms with Gasteiger partial charge in [-0.05, 0) is 50.2 Å². The minimum absolute atomic E-state index is 0.194. The molecule has 1 atom stereocenters. The summed E-state index contributed by atoms with van der Waals surface area (Å²) in [6, 6.07) is 12.4. The minimum atomic E-state index is -0.338. The summed E-state index contributed by atoms with van der Waals surface area (Å²) in [6.45, 7) is 4.13. The molecule has 0 unspecified atom stereocenters. The summed E-state index contributed by atoms with van der Waals surface area (Å²) in [5.74, 6) is 6.68. The van der Waals surface area contributed by atoms with Crippen LogP contribution in [0.25, 0.3) is 0 Å². The Bertz CT molecular complexity index is 1120. The monoisotopic (exact) mass is 416 g/mol. The number of aryl methyl sites for hydroxylation is 1. The zero-order chi connectivity index (χ0) is 22.2. The third-order valence-corrected chi connectivity index (χ3v) is 4.17. The van der Waals surface area contributed by atoms with E-state index in [0.29, 0.717) is 35.0 Å². The molecule has 0 aliphatic carbocycles. The highest BCUT2D eigenvalue weighted by Crippen LogP contribution is 2.20. The quantitative estimate of drug-likeness (QED) is 0.472. The van der Waals surface area contributed by atoms with Crippen LogP contribution in [0.2, 0.25) is 0 Å². The fraction of sp³-hybridized carbons (Fsp3) is 0.208. The first kappa shape index (κ1) is 21.8. The van der Waals surface area contributed by atoms with Gasteiger partial charge in [0.2, 0.25) is 0 Å². The van der Waals surface area contributed by atoms with E-state index >= 15 is 0 Å². The molecular weight excluding hydrogens is 392 g/mol. The number of ether oxygens (including phenoxy) is 2. The highest BCUT2D eigenvalue weighted by Gasteiger charge is 2.12. The van der Waals surface area contributed by atoms with E-state index in [1.807, 2.05) is 26.0 Å². The molecule has 0 spiro atoms. The summed E-state index contributed by atoms with van der Waals surface area (Å²) in [6.07, 6.45) is 2.90. The fourth-order valence-electron chi connectivity index (χ4n) is 2.78. The van der Waals surface area contributed by atoms with Gasteiger partial charge in [-0.15, -0.1) is 0 Å². The van der Waals surface area contributed by atoms with Gasteiger partial charge in [0.15, 0.2) is 5.82 Å². The van der Waals surface area contributed by atoms with Crippen molar-refractivity contribution in [1.82, 2.24) is 9.97 Å². The number of nitrogens with one attached hydrogen (secondary N) is 1. The average Bonchev–Trinajstić information content (AvgIpc) is 2.74. The van der Waals surface area contributed by atoms with Gasteiger partial charge in [0, 0.05) is 29.5 Å². The van der Waals surface area contributed by atoms with Crippen molar-refractivity contribution in [3.8, 4) is 17.6 Å². The van der Waals surface area contributed by atoms with Crippen molar-refractivity contribution in [3.63, 3.8) is 0 Å². The Kier molecular flexibility index (Phi) is 7.20. The van der Waals surface area contributed by atoms with Crippen LogP contribution in [0.1, 0.15) is 34.1 Å². The van der Waals surface area contributed by atoms with Crippen LogP contribution in [0.4, 0.5) is 11.5 Å². The molecule has 1 aromatic heterocycles. The molecule has 0 aliphatic rings. The SMILES string of the molecule is COC[C@H](C)Oc1cc(C#Cc2cccc(N)c2)cc(C(=O)Nc2cnc(C)cn2)c1.